The fourth-order valence-electron chi connectivity index (χ4n) is 3.79. The number of carbonyl (C=O) groups excluding carboxylic acids is 2. The van der Waals surface area contributed by atoms with Gasteiger partial charge in [-0.25, -0.2) is 0 Å². The van der Waals surface area contributed by atoms with Gasteiger partial charge in [-0.1, -0.05) is 30.3 Å². The van der Waals surface area contributed by atoms with Crippen LogP contribution in [0.2, 0.25) is 0 Å². The fourth-order valence-corrected chi connectivity index (χ4v) is 3.79. The van der Waals surface area contributed by atoms with Crippen LogP contribution >= 0.6 is 0 Å². The van der Waals surface area contributed by atoms with Crippen molar-refractivity contribution in [3.8, 4) is 28.3 Å². The van der Waals surface area contributed by atoms with Gasteiger partial charge < -0.3 is 11.1 Å². The summed E-state index contributed by atoms with van der Waals surface area (Å²) in [5.74, 6) is -0.726. The van der Waals surface area contributed by atoms with Crippen molar-refractivity contribution in [2.24, 2.45) is 5.73 Å². The Morgan fingerprint density at radius 3 is 2.35 bits per heavy atom. The van der Waals surface area contributed by atoms with Gasteiger partial charge in [0.1, 0.15) is 0 Å². The van der Waals surface area contributed by atoms with E-state index in [4.69, 9.17) is 5.73 Å². The zero-order chi connectivity index (χ0) is 24.1. The van der Waals surface area contributed by atoms with Crippen molar-refractivity contribution in [3.05, 3.63) is 113 Å². The molecule has 0 bridgehead atoms. The van der Waals surface area contributed by atoms with Crippen molar-refractivity contribution in [1.82, 2.24) is 10.3 Å². The summed E-state index contributed by atoms with van der Waals surface area (Å²) in [5, 5.41) is 12.3. The smallest absolute Gasteiger partial charge is 0.252 e. The van der Waals surface area contributed by atoms with Gasteiger partial charge in [0, 0.05) is 30.1 Å². The molecule has 4 rings (SSSR count). The lowest BCUT2D eigenvalue weighted by Gasteiger charge is -2.16. The topological polar surface area (TPSA) is 109 Å². The van der Waals surface area contributed by atoms with Gasteiger partial charge >= 0.3 is 0 Å². The first-order valence-electron chi connectivity index (χ1n) is 10.7. The second kappa shape index (κ2) is 9.80. The molecule has 6 nitrogen and oxygen atoms in total. The number of aromatic nitrogens is 1. The van der Waals surface area contributed by atoms with Crippen LogP contribution in [0.15, 0.2) is 85.2 Å². The molecule has 0 unspecified atom stereocenters. The Labute approximate surface area is 197 Å². The number of hydrogen-bond donors (Lipinski definition) is 2. The third-order valence-electron chi connectivity index (χ3n) is 5.59. The molecule has 34 heavy (non-hydrogen) atoms. The first-order chi connectivity index (χ1) is 16.5. The minimum Gasteiger partial charge on any atom is -0.366 e. The van der Waals surface area contributed by atoms with E-state index in [0.717, 1.165) is 33.4 Å². The number of nitrogens with zero attached hydrogens (tertiary/aromatic N) is 2. The van der Waals surface area contributed by atoms with Crippen LogP contribution in [0.3, 0.4) is 0 Å². The molecule has 6 heteroatoms. The van der Waals surface area contributed by atoms with Gasteiger partial charge in [0.15, 0.2) is 0 Å². The highest BCUT2D eigenvalue weighted by atomic mass is 16.2. The van der Waals surface area contributed by atoms with E-state index in [2.05, 4.69) is 16.4 Å². The summed E-state index contributed by atoms with van der Waals surface area (Å²) in [6.07, 6.45) is 3.36. The average Bonchev–Trinajstić information content (AvgIpc) is 2.87. The molecular formula is C28H22N4O2. The molecule has 0 spiro atoms. The van der Waals surface area contributed by atoms with Crippen molar-refractivity contribution in [1.29, 1.82) is 5.26 Å². The van der Waals surface area contributed by atoms with Crippen LogP contribution in [-0.4, -0.2) is 16.8 Å². The SMILES string of the molecule is Cc1cc(-c2cccc(C#N)c2)c(C(=O)NCc2ccncc2)cc1-c1ccc(C(N)=O)cc1. The number of nitrogens with two attached hydrogens (primary N) is 1. The number of hydrogen-bond acceptors (Lipinski definition) is 4. The molecule has 3 N–H and O–H groups in total. The molecule has 0 aliphatic rings. The van der Waals surface area contributed by atoms with Crippen molar-refractivity contribution < 1.29 is 9.59 Å². The number of amides is 2. The highest BCUT2D eigenvalue weighted by Crippen LogP contribution is 2.33. The standard InChI is InChI=1S/C28H22N4O2/c1-18-13-25(23-4-2-3-20(14-23)16-29)26(28(34)32-17-19-9-11-31-12-10-19)15-24(18)21-5-7-22(8-6-21)27(30)33/h2-15H,17H2,1H3,(H2,30,33)(H,32,34). The van der Waals surface area contributed by atoms with Crippen LogP contribution in [0.5, 0.6) is 0 Å². The predicted molar refractivity (Wildman–Crippen MR) is 131 cm³/mol. The van der Waals surface area contributed by atoms with Gasteiger partial charge in [-0.05, 0) is 82.8 Å². The Morgan fingerprint density at radius 2 is 1.68 bits per heavy atom. The maximum atomic E-state index is 13.4. The average molecular weight is 447 g/mol. The molecule has 166 valence electrons. The minimum absolute atomic E-state index is 0.232. The van der Waals surface area contributed by atoms with Crippen molar-refractivity contribution in [3.63, 3.8) is 0 Å². The summed E-state index contributed by atoms with van der Waals surface area (Å²) in [6, 6.07) is 23.8. The summed E-state index contributed by atoms with van der Waals surface area (Å²) in [4.78, 5) is 28.8. The second-order valence-electron chi connectivity index (χ2n) is 7.89. The maximum Gasteiger partial charge on any atom is 0.252 e. The Kier molecular flexibility index (Phi) is 6.47. The first-order valence-corrected chi connectivity index (χ1v) is 10.7. The van der Waals surface area contributed by atoms with Gasteiger partial charge in [-0.3, -0.25) is 14.6 Å². The number of pyridine rings is 1. The molecule has 4 aromatic rings. The lowest BCUT2D eigenvalue weighted by molar-refractivity contribution is 0.0950. The van der Waals surface area contributed by atoms with Crippen LogP contribution in [0.1, 0.15) is 37.4 Å². The van der Waals surface area contributed by atoms with E-state index in [9.17, 15) is 14.9 Å². The van der Waals surface area contributed by atoms with Crippen LogP contribution in [0.4, 0.5) is 0 Å². The molecule has 0 saturated heterocycles. The summed E-state index contributed by atoms with van der Waals surface area (Å²) in [5.41, 5.74) is 11.9. The lowest BCUT2D eigenvalue weighted by Crippen LogP contribution is -2.23. The van der Waals surface area contributed by atoms with E-state index in [-0.39, 0.29) is 5.91 Å². The number of nitrogens with one attached hydrogen (secondary N) is 1. The fraction of sp³-hybridized carbons (Fsp3) is 0.0714. The number of rotatable bonds is 6. The van der Waals surface area contributed by atoms with Gasteiger partial charge in [0.05, 0.1) is 11.6 Å². The summed E-state index contributed by atoms with van der Waals surface area (Å²) >= 11 is 0. The Morgan fingerprint density at radius 1 is 0.941 bits per heavy atom. The van der Waals surface area contributed by atoms with Crippen LogP contribution in [0.25, 0.3) is 22.3 Å². The summed E-state index contributed by atoms with van der Waals surface area (Å²) in [6.45, 7) is 2.32. The molecule has 0 aliphatic carbocycles. The molecule has 0 radical (unpaired) electrons. The van der Waals surface area contributed by atoms with Crippen molar-refractivity contribution >= 4 is 11.8 Å². The van der Waals surface area contributed by atoms with Crippen molar-refractivity contribution in [2.45, 2.75) is 13.5 Å². The first kappa shape index (κ1) is 22.4. The number of benzene rings is 3. The molecule has 2 amide bonds. The molecule has 3 aromatic carbocycles. The van der Waals surface area contributed by atoms with Gasteiger partial charge in [0.2, 0.25) is 5.91 Å². The normalized spacial score (nSPS) is 10.4. The summed E-state index contributed by atoms with van der Waals surface area (Å²) < 4.78 is 0. The zero-order valence-electron chi connectivity index (χ0n) is 18.6. The van der Waals surface area contributed by atoms with E-state index in [1.807, 2.05) is 49.4 Å². The molecular weight excluding hydrogens is 424 g/mol. The third-order valence-corrected chi connectivity index (χ3v) is 5.59. The van der Waals surface area contributed by atoms with Gasteiger partial charge in [-0.15, -0.1) is 0 Å². The van der Waals surface area contributed by atoms with E-state index in [1.54, 1.807) is 42.7 Å². The van der Waals surface area contributed by atoms with Crippen molar-refractivity contribution in [2.75, 3.05) is 0 Å². The van der Waals surface area contributed by atoms with E-state index >= 15 is 0 Å². The number of primary amides is 1. The van der Waals surface area contributed by atoms with Crippen LogP contribution < -0.4 is 11.1 Å². The molecule has 0 atom stereocenters. The van der Waals surface area contributed by atoms with Gasteiger partial charge in [-0.2, -0.15) is 5.26 Å². The maximum absolute atomic E-state index is 13.4. The van der Waals surface area contributed by atoms with Crippen LogP contribution in [-0.2, 0) is 6.54 Å². The molecule has 0 aliphatic heterocycles. The van der Waals surface area contributed by atoms with E-state index < -0.39 is 5.91 Å². The monoisotopic (exact) mass is 446 g/mol. The predicted octanol–water partition coefficient (Wildman–Crippen LogP) is 4.62. The highest BCUT2D eigenvalue weighted by molar-refractivity contribution is 6.02. The summed E-state index contributed by atoms with van der Waals surface area (Å²) in [7, 11) is 0. The van der Waals surface area contributed by atoms with Gasteiger partial charge in [0.25, 0.3) is 5.91 Å². The van der Waals surface area contributed by atoms with E-state index in [0.29, 0.717) is 23.2 Å². The molecule has 0 fully saturated rings. The number of aryl methyl sites for hydroxylation is 1. The molecule has 1 heterocycles. The quantitative estimate of drug-likeness (QED) is 0.450. The largest absolute Gasteiger partial charge is 0.366 e. The third kappa shape index (κ3) is 4.84. The second-order valence-corrected chi connectivity index (χ2v) is 7.89. The Balaban J connectivity index is 1.79. The number of carbonyl (C=O) groups is 2. The minimum atomic E-state index is -0.493. The zero-order valence-corrected chi connectivity index (χ0v) is 18.6. The lowest BCUT2D eigenvalue weighted by atomic mass is 9.90. The number of nitriles is 1. The Bertz CT molecular complexity index is 1410. The highest BCUT2D eigenvalue weighted by Gasteiger charge is 2.17. The van der Waals surface area contributed by atoms with Crippen LogP contribution in [0, 0.1) is 18.3 Å². The van der Waals surface area contributed by atoms with E-state index in [1.165, 1.54) is 0 Å². The molecule has 0 saturated carbocycles. The Hall–Kier alpha value is -4.76. The molecule has 1 aromatic heterocycles.